The average Bonchev–Trinajstić information content (AvgIpc) is 2.99. The predicted octanol–water partition coefficient (Wildman–Crippen LogP) is 4.31. The molecule has 1 aromatic carbocycles. The van der Waals surface area contributed by atoms with E-state index in [0.29, 0.717) is 10.7 Å². The number of nitrogens with zero attached hydrogens (tertiary/aromatic N) is 1. The van der Waals surface area contributed by atoms with Crippen LogP contribution in [-0.2, 0) is 11.3 Å². The van der Waals surface area contributed by atoms with Crippen molar-refractivity contribution < 1.29 is 9.53 Å². The van der Waals surface area contributed by atoms with Gasteiger partial charge in [-0.05, 0) is 11.4 Å². The number of halogens is 1. The van der Waals surface area contributed by atoms with Gasteiger partial charge in [-0.25, -0.2) is 9.78 Å². The molecule has 0 fully saturated rings. The lowest BCUT2D eigenvalue weighted by Gasteiger charge is -2.07. The van der Waals surface area contributed by atoms with Gasteiger partial charge in [0.15, 0.2) is 0 Å². The first kappa shape index (κ1) is 13.1. The number of pyridine rings is 1. The lowest BCUT2D eigenvalue weighted by molar-refractivity contribution is 0.0479. The highest BCUT2D eigenvalue weighted by Gasteiger charge is 2.14. The summed E-state index contributed by atoms with van der Waals surface area (Å²) in [5, 5.41) is 3.83. The Kier molecular flexibility index (Phi) is 3.67. The maximum Gasteiger partial charge on any atom is 0.340 e. The summed E-state index contributed by atoms with van der Waals surface area (Å²) in [6.07, 6.45) is 1.46. The second kappa shape index (κ2) is 5.61. The number of carbonyl (C=O) groups is 1. The topological polar surface area (TPSA) is 39.2 Å². The second-order valence-electron chi connectivity index (χ2n) is 4.16. The molecule has 0 radical (unpaired) electrons. The normalized spacial score (nSPS) is 10.7. The SMILES string of the molecule is O=C(OCc1cccs1)c1cnc(Cl)c2ccccc12. The lowest BCUT2D eigenvalue weighted by Crippen LogP contribution is -2.06. The van der Waals surface area contributed by atoms with Crippen LogP contribution < -0.4 is 0 Å². The smallest absolute Gasteiger partial charge is 0.340 e. The molecule has 0 N–H and O–H groups in total. The van der Waals surface area contributed by atoms with Crippen molar-refractivity contribution in [2.24, 2.45) is 0 Å². The highest BCUT2D eigenvalue weighted by Crippen LogP contribution is 2.25. The monoisotopic (exact) mass is 303 g/mol. The predicted molar refractivity (Wildman–Crippen MR) is 80.2 cm³/mol. The van der Waals surface area contributed by atoms with E-state index >= 15 is 0 Å². The molecule has 3 nitrogen and oxygen atoms in total. The molecule has 0 aliphatic rings. The molecule has 2 aromatic heterocycles. The minimum Gasteiger partial charge on any atom is -0.456 e. The minimum atomic E-state index is -0.390. The molecule has 100 valence electrons. The molecule has 0 atom stereocenters. The number of esters is 1. The van der Waals surface area contributed by atoms with Gasteiger partial charge in [-0.3, -0.25) is 0 Å². The van der Waals surface area contributed by atoms with Gasteiger partial charge in [0, 0.05) is 21.8 Å². The first-order chi connectivity index (χ1) is 9.75. The van der Waals surface area contributed by atoms with E-state index in [2.05, 4.69) is 4.98 Å². The Morgan fingerprint density at radius 1 is 1.20 bits per heavy atom. The second-order valence-corrected chi connectivity index (χ2v) is 5.55. The molecule has 0 unspecified atom stereocenters. The Balaban J connectivity index is 1.90. The molecule has 0 spiro atoms. The van der Waals surface area contributed by atoms with E-state index in [1.54, 1.807) is 11.3 Å². The summed E-state index contributed by atoms with van der Waals surface area (Å²) >= 11 is 7.58. The first-order valence-corrected chi connectivity index (χ1v) is 7.24. The van der Waals surface area contributed by atoms with Crippen LogP contribution in [0.25, 0.3) is 10.8 Å². The molecule has 3 rings (SSSR count). The molecule has 0 aliphatic carbocycles. The summed E-state index contributed by atoms with van der Waals surface area (Å²) in [6.45, 7) is 0.271. The van der Waals surface area contributed by atoms with Gasteiger partial charge in [-0.2, -0.15) is 0 Å². The van der Waals surface area contributed by atoms with Crippen molar-refractivity contribution in [1.29, 1.82) is 0 Å². The fourth-order valence-corrected chi connectivity index (χ4v) is 2.76. The molecular formula is C15H10ClNO2S. The zero-order valence-electron chi connectivity index (χ0n) is 10.4. The van der Waals surface area contributed by atoms with Crippen LogP contribution in [0.3, 0.4) is 0 Å². The van der Waals surface area contributed by atoms with Gasteiger partial charge in [0.2, 0.25) is 0 Å². The number of ether oxygens (including phenoxy) is 1. The number of carbonyl (C=O) groups excluding carboxylic acids is 1. The van der Waals surface area contributed by atoms with Crippen LogP contribution >= 0.6 is 22.9 Å². The van der Waals surface area contributed by atoms with E-state index in [9.17, 15) is 4.79 Å². The number of benzene rings is 1. The number of fused-ring (bicyclic) bond motifs is 1. The fraction of sp³-hybridized carbons (Fsp3) is 0.0667. The summed E-state index contributed by atoms with van der Waals surface area (Å²) in [5.41, 5.74) is 0.432. The lowest BCUT2D eigenvalue weighted by atomic mass is 10.1. The molecule has 2 heterocycles. The third kappa shape index (κ3) is 2.53. The van der Waals surface area contributed by atoms with Gasteiger partial charge < -0.3 is 4.74 Å². The van der Waals surface area contributed by atoms with Crippen molar-refractivity contribution in [3.05, 3.63) is 63.6 Å². The first-order valence-electron chi connectivity index (χ1n) is 5.98. The average molecular weight is 304 g/mol. The molecule has 0 saturated carbocycles. The van der Waals surface area contributed by atoms with E-state index in [-0.39, 0.29) is 6.61 Å². The van der Waals surface area contributed by atoms with Crippen molar-refractivity contribution in [3.8, 4) is 0 Å². The Morgan fingerprint density at radius 2 is 2.00 bits per heavy atom. The Bertz CT molecular complexity index is 756. The van der Waals surface area contributed by atoms with Crippen molar-refractivity contribution in [1.82, 2.24) is 4.98 Å². The number of aromatic nitrogens is 1. The van der Waals surface area contributed by atoms with Crippen LogP contribution in [0.15, 0.2) is 48.0 Å². The summed E-state index contributed by atoms with van der Waals surface area (Å²) < 4.78 is 5.31. The molecular weight excluding hydrogens is 294 g/mol. The molecule has 0 bridgehead atoms. The van der Waals surface area contributed by atoms with Crippen LogP contribution in [0, 0.1) is 0 Å². The van der Waals surface area contributed by atoms with Crippen LogP contribution in [0.2, 0.25) is 5.15 Å². The molecule has 0 saturated heterocycles. The van der Waals surface area contributed by atoms with E-state index in [0.717, 1.165) is 15.6 Å². The summed E-state index contributed by atoms with van der Waals surface area (Å²) in [4.78, 5) is 17.2. The van der Waals surface area contributed by atoms with Gasteiger partial charge in [-0.1, -0.05) is 41.9 Å². The maximum absolute atomic E-state index is 12.2. The van der Waals surface area contributed by atoms with E-state index in [4.69, 9.17) is 16.3 Å². The number of thiophene rings is 1. The summed E-state index contributed by atoms with van der Waals surface area (Å²) in [5.74, 6) is -0.390. The van der Waals surface area contributed by atoms with Gasteiger partial charge >= 0.3 is 5.97 Å². The zero-order chi connectivity index (χ0) is 13.9. The van der Waals surface area contributed by atoms with Crippen molar-refractivity contribution >= 4 is 39.7 Å². The van der Waals surface area contributed by atoms with Gasteiger partial charge in [-0.15, -0.1) is 11.3 Å². The maximum atomic E-state index is 12.2. The largest absolute Gasteiger partial charge is 0.456 e. The minimum absolute atomic E-state index is 0.271. The van der Waals surface area contributed by atoms with Gasteiger partial charge in [0.05, 0.1) is 5.56 Å². The molecule has 0 aliphatic heterocycles. The van der Waals surface area contributed by atoms with Crippen molar-refractivity contribution in [2.75, 3.05) is 0 Å². The third-order valence-electron chi connectivity index (χ3n) is 2.89. The van der Waals surface area contributed by atoms with Crippen LogP contribution in [0.4, 0.5) is 0 Å². The summed E-state index contributed by atoms with van der Waals surface area (Å²) in [7, 11) is 0. The molecule has 3 aromatic rings. The van der Waals surface area contributed by atoms with E-state index < -0.39 is 5.97 Å². The van der Waals surface area contributed by atoms with Crippen molar-refractivity contribution in [2.45, 2.75) is 6.61 Å². The van der Waals surface area contributed by atoms with Crippen LogP contribution in [0.1, 0.15) is 15.2 Å². The van der Waals surface area contributed by atoms with Crippen LogP contribution in [-0.4, -0.2) is 11.0 Å². The fourth-order valence-electron chi connectivity index (χ4n) is 1.93. The Morgan fingerprint density at radius 3 is 2.75 bits per heavy atom. The highest BCUT2D eigenvalue weighted by molar-refractivity contribution is 7.09. The highest BCUT2D eigenvalue weighted by atomic mass is 35.5. The van der Waals surface area contributed by atoms with E-state index in [1.165, 1.54) is 6.20 Å². The summed E-state index contributed by atoms with van der Waals surface area (Å²) in [6, 6.07) is 11.2. The Hall–Kier alpha value is -1.91. The van der Waals surface area contributed by atoms with E-state index in [1.807, 2.05) is 41.8 Å². The van der Waals surface area contributed by atoms with Crippen LogP contribution in [0.5, 0.6) is 0 Å². The third-order valence-corrected chi connectivity index (χ3v) is 4.04. The van der Waals surface area contributed by atoms with Gasteiger partial charge in [0.1, 0.15) is 11.8 Å². The van der Waals surface area contributed by atoms with Gasteiger partial charge in [0.25, 0.3) is 0 Å². The number of rotatable bonds is 3. The molecule has 5 heteroatoms. The quantitative estimate of drug-likeness (QED) is 0.535. The molecule has 0 amide bonds. The zero-order valence-corrected chi connectivity index (χ0v) is 11.9. The molecule has 20 heavy (non-hydrogen) atoms. The number of hydrogen-bond acceptors (Lipinski definition) is 4. The number of hydrogen-bond donors (Lipinski definition) is 0. The van der Waals surface area contributed by atoms with Crippen molar-refractivity contribution in [3.63, 3.8) is 0 Å². The Labute approximate surface area is 124 Å². The standard InChI is InChI=1S/C15H10ClNO2S/c16-14-12-6-2-1-5-11(12)13(8-17-14)15(18)19-9-10-4-3-7-20-10/h1-8H,9H2.